The third kappa shape index (κ3) is 6.08. The van der Waals surface area contributed by atoms with Gasteiger partial charge in [-0.1, -0.05) is 13.8 Å². The van der Waals surface area contributed by atoms with Gasteiger partial charge in [-0.3, -0.25) is 4.90 Å². The number of thiazole rings is 1. The minimum atomic E-state index is -0.101. The van der Waals surface area contributed by atoms with Crippen LogP contribution in [0.1, 0.15) is 24.5 Å². The molecular weight excluding hydrogens is 312 g/mol. The van der Waals surface area contributed by atoms with E-state index < -0.39 is 0 Å². The molecule has 0 radical (unpaired) electrons. The number of nitrogens with zero attached hydrogens (tertiary/aromatic N) is 2. The fourth-order valence-corrected chi connectivity index (χ4v) is 3.43. The van der Waals surface area contributed by atoms with E-state index in [0.29, 0.717) is 25.0 Å². The molecular formula is C16H28N4O2S. The molecule has 1 aliphatic heterocycles. The number of urea groups is 1. The number of nitrogens with one attached hydrogen (secondary N) is 2. The average Bonchev–Trinajstić information content (AvgIpc) is 2.94. The molecule has 1 aromatic rings. The van der Waals surface area contributed by atoms with Gasteiger partial charge in [0.15, 0.2) is 0 Å². The molecule has 6 nitrogen and oxygen atoms in total. The topological polar surface area (TPSA) is 66.5 Å². The maximum Gasteiger partial charge on any atom is 0.314 e. The predicted molar refractivity (Wildman–Crippen MR) is 93.0 cm³/mol. The Labute approximate surface area is 142 Å². The maximum atomic E-state index is 12.0. The summed E-state index contributed by atoms with van der Waals surface area (Å²) in [5.74, 6) is 0.492. The average molecular weight is 340 g/mol. The van der Waals surface area contributed by atoms with Crippen molar-refractivity contribution in [2.75, 3.05) is 39.4 Å². The van der Waals surface area contributed by atoms with Crippen molar-refractivity contribution in [1.82, 2.24) is 20.5 Å². The molecule has 0 unspecified atom stereocenters. The number of carbonyl (C=O) groups is 1. The SMILES string of the molecule is Cc1nc(CCNC(=O)NC[C@@H](C(C)C)N2CCOCC2)cs1. The van der Waals surface area contributed by atoms with Gasteiger partial charge in [0.2, 0.25) is 0 Å². The lowest BCUT2D eigenvalue weighted by atomic mass is 10.0. The number of ether oxygens (including phenoxy) is 1. The lowest BCUT2D eigenvalue weighted by Gasteiger charge is -2.36. The van der Waals surface area contributed by atoms with Gasteiger partial charge >= 0.3 is 6.03 Å². The molecule has 2 N–H and O–H groups in total. The second-order valence-corrected chi connectivity index (χ2v) is 7.27. The Bertz CT molecular complexity index is 486. The summed E-state index contributed by atoms with van der Waals surface area (Å²) in [6.45, 7) is 11.1. The van der Waals surface area contributed by atoms with Gasteiger partial charge in [-0.15, -0.1) is 11.3 Å². The number of amides is 2. The zero-order chi connectivity index (χ0) is 16.7. The maximum absolute atomic E-state index is 12.0. The first-order valence-electron chi connectivity index (χ1n) is 8.30. The van der Waals surface area contributed by atoms with Crippen molar-refractivity contribution in [3.63, 3.8) is 0 Å². The lowest BCUT2D eigenvalue weighted by molar-refractivity contribution is 0.00720. The van der Waals surface area contributed by atoms with Crippen molar-refractivity contribution in [1.29, 1.82) is 0 Å². The van der Waals surface area contributed by atoms with Crippen molar-refractivity contribution >= 4 is 17.4 Å². The van der Waals surface area contributed by atoms with E-state index in [0.717, 1.165) is 43.4 Å². The fourth-order valence-electron chi connectivity index (χ4n) is 2.78. The largest absolute Gasteiger partial charge is 0.379 e. The smallest absolute Gasteiger partial charge is 0.314 e. The molecule has 2 heterocycles. The standard InChI is InChI=1S/C16H28N4O2S/c1-12(2)15(20-6-8-22-9-7-20)10-18-16(21)17-5-4-14-11-23-13(3)19-14/h11-12,15H,4-10H2,1-3H3,(H2,17,18,21)/t15-/m0/s1. The Morgan fingerprint density at radius 2 is 2.13 bits per heavy atom. The monoisotopic (exact) mass is 340 g/mol. The van der Waals surface area contributed by atoms with E-state index in [9.17, 15) is 4.79 Å². The van der Waals surface area contributed by atoms with E-state index in [1.807, 2.05) is 12.3 Å². The molecule has 2 rings (SSSR count). The first-order valence-corrected chi connectivity index (χ1v) is 9.18. The zero-order valence-corrected chi connectivity index (χ0v) is 15.1. The summed E-state index contributed by atoms with van der Waals surface area (Å²) in [6.07, 6.45) is 0.773. The van der Waals surface area contributed by atoms with Gasteiger partial charge in [-0.25, -0.2) is 9.78 Å². The van der Waals surface area contributed by atoms with Crippen LogP contribution >= 0.6 is 11.3 Å². The molecule has 0 aromatic carbocycles. The third-order valence-corrected chi connectivity index (χ3v) is 4.91. The number of hydrogen-bond donors (Lipinski definition) is 2. The summed E-state index contributed by atoms with van der Waals surface area (Å²) in [6, 6.07) is 0.252. The zero-order valence-electron chi connectivity index (χ0n) is 14.3. The molecule has 0 saturated carbocycles. The van der Waals surface area contributed by atoms with Crippen LogP contribution in [0.2, 0.25) is 0 Å². The number of aryl methyl sites for hydroxylation is 1. The fraction of sp³-hybridized carbons (Fsp3) is 0.750. The van der Waals surface area contributed by atoms with Gasteiger partial charge in [0.05, 0.1) is 23.9 Å². The highest BCUT2D eigenvalue weighted by Gasteiger charge is 2.24. The minimum Gasteiger partial charge on any atom is -0.379 e. The van der Waals surface area contributed by atoms with Crippen LogP contribution in [0.4, 0.5) is 4.79 Å². The Balaban J connectivity index is 1.68. The van der Waals surface area contributed by atoms with Crippen LogP contribution in [0.3, 0.4) is 0 Å². The van der Waals surface area contributed by atoms with Crippen molar-refractivity contribution in [2.24, 2.45) is 5.92 Å². The molecule has 1 atom stereocenters. The first kappa shape index (κ1) is 18.2. The van der Waals surface area contributed by atoms with Crippen LogP contribution < -0.4 is 10.6 Å². The van der Waals surface area contributed by atoms with Gasteiger partial charge in [0, 0.05) is 44.0 Å². The Hall–Kier alpha value is -1.18. The van der Waals surface area contributed by atoms with Crippen molar-refractivity contribution in [3.8, 4) is 0 Å². The molecule has 1 aliphatic rings. The molecule has 0 bridgehead atoms. The van der Waals surface area contributed by atoms with Crippen LogP contribution in [0, 0.1) is 12.8 Å². The normalized spacial score (nSPS) is 17.2. The highest BCUT2D eigenvalue weighted by molar-refractivity contribution is 7.09. The van der Waals surface area contributed by atoms with Crippen LogP contribution in [0.25, 0.3) is 0 Å². The Morgan fingerprint density at radius 3 is 2.74 bits per heavy atom. The quantitative estimate of drug-likeness (QED) is 0.792. The van der Waals surface area contributed by atoms with E-state index >= 15 is 0 Å². The van der Waals surface area contributed by atoms with E-state index in [-0.39, 0.29) is 6.03 Å². The van der Waals surface area contributed by atoms with Crippen molar-refractivity contribution in [2.45, 2.75) is 33.2 Å². The molecule has 1 fully saturated rings. The predicted octanol–water partition coefficient (Wildman–Crippen LogP) is 1.65. The molecule has 0 spiro atoms. The summed E-state index contributed by atoms with van der Waals surface area (Å²) >= 11 is 1.64. The minimum absolute atomic E-state index is 0.101. The summed E-state index contributed by atoms with van der Waals surface area (Å²) in [4.78, 5) is 18.8. The Morgan fingerprint density at radius 1 is 1.39 bits per heavy atom. The number of carbonyl (C=O) groups excluding carboxylic acids is 1. The highest BCUT2D eigenvalue weighted by atomic mass is 32.1. The molecule has 23 heavy (non-hydrogen) atoms. The van der Waals surface area contributed by atoms with E-state index in [4.69, 9.17) is 4.74 Å². The molecule has 130 valence electrons. The van der Waals surface area contributed by atoms with Crippen LogP contribution in [0.15, 0.2) is 5.38 Å². The molecule has 7 heteroatoms. The van der Waals surface area contributed by atoms with Gasteiger partial charge in [-0.2, -0.15) is 0 Å². The van der Waals surface area contributed by atoms with Crippen molar-refractivity contribution < 1.29 is 9.53 Å². The van der Waals surface area contributed by atoms with Gasteiger partial charge in [0.25, 0.3) is 0 Å². The number of aromatic nitrogens is 1. The van der Waals surface area contributed by atoms with Crippen LogP contribution in [-0.4, -0.2) is 61.3 Å². The van der Waals surface area contributed by atoms with Crippen LogP contribution in [-0.2, 0) is 11.2 Å². The van der Waals surface area contributed by atoms with E-state index in [2.05, 4.69) is 34.4 Å². The highest BCUT2D eigenvalue weighted by Crippen LogP contribution is 2.12. The van der Waals surface area contributed by atoms with E-state index in [1.54, 1.807) is 11.3 Å². The van der Waals surface area contributed by atoms with Crippen LogP contribution in [0.5, 0.6) is 0 Å². The van der Waals surface area contributed by atoms with Gasteiger partial charge in [-0.05, 0) is 12.8 Å². The van der Waals surface area contributed by atoms with Gasteiger partial charge < -0.3 is 15.4 Å². The lowest BCUT2D eigenvalue weighted by Crippen LogP contribution is -2.52. The van der Waals surface area contributed by atoms with E-state index in [1.165, 1.54) is 0 Å². The summed E-state index contributed by atoms with van der Waals surface area (Å²) < 4.78 is 5.41. The number of hydrogen-bond acceptors (Lipinski definition) is 5. The summed E-state index contributed by atoms with van der Waals surface area (Å²) in [7, 11) is 0. The van der Waals surface area contributed by atoms with Gasteiger partial charge in [0.1, 0.15) is 0 Å². The molecule has 1 aromatic heterocycles. The number of rotatable bonds is 7. The first-order chi connectivity index (χ1) is 11.1. The van der Waals surface area contributed by atoms with Crippen molar-refractivity contribution in [3.05, 3.63) is 16.1 Å². The number of morpholine rings is 1. The second kappa shape index (κ2) is 9.20. The molecule has 0 aliphatic carbocycles. The second-order valence-electron chi connectivity index (χ2n) is 6.20. The molecule has 1 saturated heterocycles. The Kier molecular flexibility index (Phi) is 7.26. The third-order valence-electron chi connectivity index (χ3n) is 4.09. The molecule has 2 amide bonds. The summed E-state index contributed by atoms with van der Waals surface area (Å²) in [5, 5.41) is 9.02. The summed E-state index contributed by atoms with van der Waals surface area (Å²) in [5.41, 5.74) is 1.04.